The molecule has 74 valence electrons. The van der Waals surface area contributed by atoms with Gasteiger partial charge in [-0.05, 0) is 34.2 Å². The molecule has 6 heteroatoms. The van der Waals surface area contributed by atoms with Gasteiger partial charge in [-0.15, -0.1) is 0 Å². The monoisotopic (exact) mass is 312 g/mol. The number of nitrogens with zero attached hydrogens (tertiary/aromatic N) is 2. The van der Waals surface area contributed by atoms with Crippen molar-refractivity contribution in [1.29, 1.82) is 5.26 Å². The summed E-state index contributed by atoms with van der Waals surface area (Å²) < 4.78 is 37.1. The van der Waals surface area contributed by atoms with Crippen molar-refractivity contribution in [3.63, 3.8) is 0 Å². The second kappa shape index (κ2) is 4.13. The second-order valence-electron chi connectivity index (χ2n) is 2.49. The minimum absolute atomic E-state index is 0.0378. The van der Waals surface area contributed by atoms with Crippen LogP contribution in [0.1, 0.15) is 11.3 Å². The molecule has 0 saturated carbocycles. The summed E-state index contributed by atoms with van der Waals surface area (Å²) in [5.41, 5.74) is -0.599. The van der Waals surface area contributed by atoms with Crippen molar-refractivity contribution in [1.82, 2.24) is 4.98 Å². The smallest absolute Gasteiger partial charge is 0.251 e. The molecule has 0 spiro atoms. The summed E-state index contributed by atoms with van der Waals surface area (Å²) >= 11 is 1.85. The molecular weight excluding hydrogens is 308 g/mol. The van der Waals surface area contributed by atoms with Crippen molar-refractivity contribution < 1.29 is 13.2 Å². The van der Waals surface area contributed by atoms with Crippen LogP contribution in [0.3, 0.4) is 0 Å². The topological polar surface area (TPSA) is 36.7 Å². The Hall–Kier alpha value is -0.840. The molecular formula is C8H4F3IN2. The number of pyridine rings is 1. The minimum Gasteiger partial charge on any atom is -0.251 e. The van der Waals surface area contributed by atoms with Gasteiger partial charge in [0.05, 0.1) is 12.5 Å². The van der Waals surface area contributed by atoms with Crippen LogP contribution in [-0.4, -0.2) is 4.98 Å². The minimum atomic E-state index is -4.45. The average molecular weight is 312 g/mol. The molecule has 0 bridgehead atoms. The van der Waals surface area contributed by atoms with E-state index in [1.807, 2.05) is 22.6 Å². The number of rotatable bonds is 1. The summed E-state index contributed by atoms with van der Waals surface area (Å²) in [6.45, 7) is 0. The van der Waals surface area contributed by atoms with Crippen LogP contribution < -0.4 is 0 Å². The van der Waals surface area contributed by atoms with E-state index in [0.29, 0.717) is 9.13 Å². The number of alkyl halides is 3. The highest BCUT2D eigenvalue weighted by molar-refractivity contribution is 14.1. The molecule has 1 rings (SSSR count). The van der Waals surface area contributed by atoms with Gasteiger partial charge in [0.2, 0.25) is 0 Å². The normalized spacial score (nSPS) is 11.1. The molecule has 0 aliphatic carbocycles. The first-order valence-electron chi connectivity index (χ1n) is 3.53. The van der Waals surface area contributed by atoms with Gasteiger partial charge in [0.25, 0.3) is 0 Å². The van der Waals surface area contributed by atoms with Crippen LogP contribution in [0.15, 0.2) is 12.3 Å². The van der Waals surface area contributed by atoms with Crippen molar-refractivity contribution in [3.05, 3.63) is 27.1 Å². The third-order valence-corrected chi connectivity index (χ3v) is 2.47. The largest absolute Gasteiger partial charge is 0.433 e. The summed E-state index contributed by atoms with van der Waals surface area (Å²) in [7, 11) is 0. The van der Waals surface area contributed by atoms with Gasteiger partial charge < -0.3 is 0 Å². The molecule has 0 fully saturated rings. The lowest BCUT2D eigenvalue weighted by Crippen LogP contribution is -2.09. The number of aromatic nitrogens is 1. The summed E-state index contributed by atoms with van der Waals surface area (Å²) in [6, 6.07) is 2.71. The molecule has 0 atom stereocenters. The van der Waals surface area contributed by atoms with Crippen LogP contribution in [0.25, 0.3) is 0 Å². The molecule has 0 unspecified atom stereocenters. The Labute approximate surface area is 91.9 Å². The molecule has 0 aliphatic heterocycles. The molecule has 0 aliphatic rings. The van der Waals surface area contributed by atoms with E-state index >= 15 is 0 Å². The van der Waals surface area contributed by atoms with Gasteiger partial charge in [-0.3, -0.25) is 4.98 Å². The molecule has 0 radical (unpaired) electrons. The number of hydrogen-bond acceptors (Lipinski definition) is 2. The fourth-order valence-corrected chi connectivity index (χ4v) is 1.34. The zero-order valence-corrected chi connectivity index (χ0v) is 8.93. The van der Waals surface area contributed by atoms with E-state index in [1.165, 1.54) is 0 Å². The Balaban J connectivity index is 3.14. The van der Waals surface area contributed by atoms with Crippen LogP contribution in [0.5, 0.6) is 0 Å². The van der Waals surface area contributed by atoms with Gasteiger partial charge in [0.15, 0.2) is 0 Å². The third kappa shape index (κ3) is 2.57. The van der Waals surface area contributed by atoms with Crippen LogP contribution >= 0.6 is 22.6 Å². The van der Waals surface area contributed by atoms with Gasteiger partial charge in [-0.2, -0.15) is 18.4 Å². The summed E-state index contributed by atoms with van der Waals surface area (Å²) in [6.07, 6.45) is -3.37. The maximum absolute atomic E-state index is 12.2. The first-order chi connectivity index (χ1) is 6.45. The van der Waals surface area contributed by atoms with Gasteiger partial charge in [0.1, 0.15) is 5.69 Å². The van der Waals surface area contributed by atoms with E-state index in [-0.39, 0.29) is 6.42 Å². The van der Waals surface area contributed by atoms with E-state index in [9.17, 15) is 13.2 Å². The van der Waals surface area contributed by atoms with Crippen molar-refractivity contribution in [3.8, 4) is 6.07 Å². The Morgan fingerprint density at radius 1 is 1.50 bits per heavy atom. The molecule has 0 saturated heterocycles. The summed E-state index contributed by atoms with van der Waals surface area (Å²) in [5, 5.41) is 8.38. The Morgan fingerprint density at radius 3 is 2.64 bits per heavy atom. The predicted molar refractivity (Wildman–Crippen MR) is 51.3 cm³/mol. The van der Waals surface area contributed by atoms with Crippen LogP contribution in [0, 0.1) is 14.9 Å². The van der Waals surface area contributed by atoms with Crippen LogP contribution in [0.4, 0.5) is 13.2 Å². The average Bonchev–Trinajstić information content (AvgIpc) is 2.07. The summed E-state index contributed by atoms with van der Waals surface area (Å²) in [5.74, 6) is 0. The van der Waals surface area contributed by atoms with Crippen molar-refractivity contribution in [2.75, 3.05) is 0 Å². The first kappa shape index (κ1) is 11.2. The molecule has 1 aromatic heterocycles. The zero-order chi connectivity index (χ0) is 10.8. The lowest BCUT2D eigenvalue weighted by molar-refractivity contribution is -0.141. The SMILES string of the molecule is N#CCc1cc(C(F)(F)F)ncc1I. The van der Waals surface area contributed by atoms with Gasteiger partial charge in [0, 0.05) is 9.77 Å². The van der Waals surface area contributed by atoms with E-state index in [4.69, 9.17) is 5.26 Å². The van der Waals surface area contributed by atoms with E-state index in [2.05, 4.69) is 4.98 Å². The third-order valence-electron chi connectivity index (χ3n) is 1.49. The van der Waals surface area contributed by atoms with E-state index < -0.39 is 11.9 Å². The summed E-state index contributed by atoms with van der Waals surface area (Å²) in [4.78, 5) is 3.25. The van der Waals surface area contributed by atoms with Crippen LogP contribution in [-0.2, 0) is 12.6 Å². The molecule has 0 amide bonds. The number of halogens is 4. The fourth-order valence-electron chi connectivity index (χ4n) is 0.856. The number of hydrogen-bond donors (Lipinski definition) is 0. The Morgan fingerprint density at radius 2 is 2.14 bits per heavy atom. The predicted octanol–water partition coefficient (Wildman–Crippen LogP) is 2.77. The maximum Gasteiger partial charge on any atom is 0.433 e. The van der Waals surface area contributed by atoms with Gasteiger partial charge in [-0.1, -0.05) is 0 Å². The first-order valence-corrected chi connectivity index (χ1v) is 4.61. The quantitative estimate of drug-likeness (QED) is 0.748. The Kier molecular flexibility index (Phi) is 3.31. The van der Waals surface area contributed by atoms with Crippen molar-refractivity contribution >= 4 is 22.6 Å². The van der Waals surface area contributed by atoms with Gasteiger partial charge >= 0.3 is 6.18 Å². The zero-order valence-electron chi connectivity index (χ0n) is 6.77. The van der Waals surface area contributed by atoms with E-state index in [1.54, 1.807) is 6.07 Å². The Bertz CT molecular complexity index is 381. The molecule has 0 aromatic carbocycles. The fraction of sp³-hybridized carbons (Fsp3) is 0.250. The molecule has 2 nitrogen and oxygen atoms in total. The molecule has 14 heavy (non-hydrogen) atoms. The van der Waals surface area contributed by atoms with Gasteiger partial charge in [-0.25, -0.2) is 0 Å². The highest BCUT2D eigenvalue weighted by Gasteiger charge is 2.32. The standard InChI is InChI=1S/C8H4F3IN2/c9-8(10,11)7-3-5(1-2-13)6(12)4-14-7/h3-4H,1H2. The maximum atomic E-state index is 12.2. The van der Waals surface area contributed by atoms with Crippen molar-refractivity contribution in [2.24, 2.45) is 0 Å². The lowest BCUT2D eigenvalue weighted by atomic mass is 10.2. The molecule has 1 aromatic rings. The van der Waals surface area contributed by atoms with Crippen LogP contribution in [0.2, 0.25) is 0 Å². The van der Waals surface area contributed by atoms with E-state index in [0.717, 1.165) is 12.3 Å². The molecule has 1 heterocycles. The second-order valence-corrected chi connectivity index (χ2v) is 3.66. The molecule has 0 N–H and O–H groups in total. The highest BCUT2D eigenvalue weighted by Crippen LogP contribution is 2.28. The highest BCUT2D eigenvalue weighted by atomic mass is 127. The van der Waals surface area contributed by atoms with Crippen molar-refractivity contribution in [2.45, 2.75) is 12.6 Å². The lowest BCUT2D eigenvalue weighted by Gasteiger charge is -2.07. The number of nitriles is 1.